The van der Waals surface area contributed by atoms with Gasteiger partial charge in [0.2, 0.25) is 21.9 Å². The second kappa shape index (κ2) is 16.7. The number of carbonyl (C=O) groups is 2. The second-order valence-corrected chi connectivity index (χ2v) is 18.2. The van der Waals surface area contributed by atoms with Crippen LogP contribution in [0.15, 0.2) is 58.4 Å². The molecule has 0 radical (unpaired) electrons. The number of aryl methyl sites for hydroxylation is 2. The fourth-order valence-electron chi connectivity index (χ4n) is 8.88. The molecule has 3 saturated heterocycles. The van der Waals surface area contributed by atoms with E-state index in [0.717, 1.165) is 48.9 Å². The van der Waals surface area contributed by atoms with Crippen LogP contribution >= 0.6 is 0 Å². The fraction of sp³-hybridized carbons (Fsp3) is 0.452. The molecule has 3 aliphatic rings. The van der Waals surface area contributed by atoms with Crippen LogP contribution in [-0.4, -0.2) is 104 Å². The number of aliphatic hydroxyl groups is 1. The van der Waals surface area contributed by atoms with Crippen LogP contribution in [0.4, 0.5) is 16.6 Å². The number of piperidine rings is 2. The number of benzene rings is 2. The average molecular weight is 836 g/mol. The van der Waals surface area contributed by atoms with Crippen molar-refractivity contribution in [2.45, 2.75) is 68.9 Å². The normalized spacial score (nSPS) is 18.2. The number of carbonyl (C=O) groups excluding carboxylic acids is 2. The van der Waals surface area contributed by atoms with E-state index in [9.17, 15) is 33.2 Å². The highest BCUT2D eigenvalue weighted by Crippen LogP contribution is 2.34. The minimum Gasteiger partial charge on any atom is -0.391 e. The molecular formula is C42H49N11O6S. The summed E-state index contributed by atoms with van der Waals surface area (Å²) in [5, 5.41) is 31.3. The van der Waals surface area contributed by atoms with Crippen molar-refractivity contribution in [2.75, 3.05) is 49.5 Å². The molecular weight excluding hydrogens is 787 g/mol. The van der Waals surface area contributed by atoms with Gasteiger partial charge in [0.05, 0.1) is 28.7 Å². The molecule has 1 atom stereocenters. The Morgan fingerprint density at radius 1 is 0.983 bits per heavy atom. The molecule has 3 aromatic heterocycles. The Morgan fingerprint density at radius 2 is 1.75 bits per heavy atom. The molecule has 314 valence electrons. The lowest BCUT2D eigenvalue weighted by atomic mass is 9.88. The lowest BCUT2D eigenvalue weighted by Gasteiger charge is -2.34. The van der Waals surface area contributed by atoms with E-state index in [1.807, 2.05) is 13.1 Å². The predicted molar refractivity (Wildman–Crippen MR) is 225 cm³/mol. The first-order chi connectivity index (χ1) is 28.8. The van der Waals surface area contributed by atoms with E-state index in [1.165, 1.54) is 25.4 Å². The third-order valence-corrected chi connectivity index (χ3v) is 14.1. The summed E-state index contributed by atoms with van der Waals surface area (Å²) < 4.78 is 32.5. The number of aliphatic hydroxyl groups excluding tert-OH is 1. The second-order valence-electron chi connectivity index (χ2n) is 16.3. The van der Waals surface area contributed by atoms with E-state index < -0.39 is 16.1 Å². The van der Waals surface area contributed by atoms with E-state index in [0.29, 0.717) is 73.2 Å². The van der Waals surface area contributed by atoms with Gasteiger partial charge in [0.25, 0.3) is 5.56 Å². The zero-order chi connectivity index (χ0) is 42.3. The van der Waals surface area contributed by atoms with Gasteiger partial charge < -0.3 is 15.3 Å². The third-order valence-electron chi connectivity index (χ3n) is 12.2. The number of urea groups is 1. The third kappa shape index (κ3) is 8.09. The Bertz CT molecular complexity index is 2690. The number of aromatic nitrogens is 5. The van der Waals surface area contributed by atoms with Gasteiger partial charge in [-0.05, 0) is 105 Å². The monoisotopic (exact) mass is 835 g/mol. The van der Waals surface area contributed by atoms with Crippen LogP contribution in [0.5, 0.6) is 0 Å². The summed E-state index contributed by atoms with van der Waals surface area (Å²) in [6.45, 7) is 5.30. The number of nitrogens with one attached hydrogen (secondary N) is 2. The Hall–Kier alpha value is -5.74. The SMILES string of the molecule is CC(Cc1cc(S(=O)(=O)N2CCC(Nc3ncc4cc(CO)c(=O)n(C)c4n3)CC2)ccc1C#N)CN1CCC(c2ccc3c(N4CCC(=O)NC4=O)nn(C)c3c2)CC1. The van der Waals surface area contributed by atoms with Crippen molar-refractivity contribution in [3.63, 3.8) is 0 Å². The maximum Gasteiger partial charge on any atom is 0.329 e. The van der Waals surface area contributed by atoms with Crippen molar-refractivity contribution in [1.82, 2.24) is 38.8 Å². The van der Waals surface area contributed by atoms with E-state index in [1.54, 1.807) is 36.1 Å². The Kier molecular flexibility index (Phi) is 11.4. The van der Waals surface area contributed by atoms with E-state index in [2.05, 4.69) is 55.7 Å². The molecule has 6 heterocycles. The smallest absolute Gasteiger partial charge is 0.329 e. The van der Waals surface area contributed by atoms with Crippen molar-refractivity contribution >= 4 is 55.7 Å². The average Bonchev–Trinajstić information content (AvgIpc) is 3.57. The van der Waals surface area contributed by atoms with Crippen LogP contribution in [-0.2, 0) is 41.9 Å². The first kappa shape index (κ1) is 41.0. The van der Waals surface area contributed by atoms with E-state index in [-0.39, 0.29) is 46.9 Å². The number of sulfonamides is 1. The van der Waals surface area contributed by atoms with Gasteiger partial charge in [-0.3, -0.25) is 29.1 Å². The predicted octanol–water partition coefficient (Wildman–Crippen LogP) is 3.35. The van der Waals surface area contributed by atoms with Gasteiger partial charge in [-0.15, -0.1) is 0 Å². The first-order valence-electron chi connectivity index (χ1n) is 20.4. The lowest BCUT2D eigenvalue weighted by molar-refractivity contribution is -0.120. The van der Waals surface area contributed by atoms with E-state index >= 15 is 0 Å². The number of nitriles is 1. The molecule has 0 aliphatic carbocycles. The zero-order valence-corrected chi connectivity index (χ0v) is 34.8. The summed E-state index contributed by atoms with van der Waals surface area (Å²) in [4.78, 5) is 49.8. The summed E-state index contributed by atoms with van der Waals surface area (Å²) >= 11 is 0. The molecule has 18 heteroatoms. The van der Waals surface area contributed by atoms with Gasteiger partial charge in [0.1, 0.15) is 5.65 Å². The number of pyridine rings is 1. The lowest BCUT2D eigenvalue weighted by Crippen LogP contribution is -2.49. The maximum absolute atomic E-state index is 13.9. The summed E-state index contributed by atoms with van der Waals surface area (Å²) in [6.07, 6.45) is 5.42. The molecule has 0 saturated carbocycles. The Labute approximate surface area is 347 Å². The molecule has 3 aliphatic heterocycles. The molecule has 0 spiro atoms. The number of hydrogen-bond donors (Lipinski definition) is 3. The number of rotatable bonds is 11. The molecule has 17 nitrogen and oxygen atoms in total. The molecule has 3 N–H and O–H groups in total. The Balaban J connectivity index is 0.858. The van der Waals surface area contributed by atoms with Gasteiger partial charge >= 0.3 is 6.03 Å². The van der Waals surface area contributed by atoms with Crippen LogP contribution in [0.1, 0.15) is 67.2 Å². The van der Waals surface area contributed by atoms with Gasteiger partial charge in [-0.1, -0.05) is 13.0 Å². The molecule has 3 fully saturated rings. The van der Waals surface area contributed by atoms with Crippen LogP contribution < -0.4 is 21.1 Å². The van der Waals surface area contributed by atoms with Crippen molar-refractivity contribution in [1.29, 1.82) is 5.26 Å². The number of nitrogens with zero attached hydrogens (tertiary/aromatic N) is 9. The highest BCUT2D eigenvalue weighted by molar-refractivity contribution is 7.89. The first-order valence-corrected chi connectivity index (χ1v) is 21.8. The Morgan fingerprint density at radius 3 is 2.47 bits per heavy atom. The molecule has 8 rings (SSSR count). The van der Waals surface area contributed by atoms with Crippen LogP contribution in [0.25, 0.3) is 21.9 Å². The van der Waals surface area contributed by atoms with Crippen LogP contribution in [0.2, 0.25) is 0 Å². The summed E-state index contributed by atoms with van der Waals surface area (Å²) in [5.74, 6) is 1.16. The topological polar surface area (TPSA) is 212 Å². The largest absolute Gasteiger partial charge is 0.391 e. The van der Waals surface area contributed by atoms with Crippen LogP contribution in [0.3, 0.4) is 0 Å². The van der Waals surface area contributed by atoms with Crippen LogP contribution in [0, 0.1) is 17.2 Å². The number of likely N-dealkylation sites (tertiary alicyclic amines) is 1. The van der Waals surface area contributed by atoms with Crippen molar-refractivity contribution < 1.29 is 23.1 Å². The number of fused-ring (bicyclic) bond motifs is 2. The number of hydrogen-bond acceptors (Lipinski definition) is 12. The van der Waals surface area contributed by atoms with Crippen molar-refractivity contribution in [3.8, 4) is 6.07 Å². The van der Waals surface area contributed by atoms with Gasteiger partial charge in [-0.2, -0.15) is 19.6 Å². The molecule has 60 heavy (non-hydrogen) atoms. The summed E-state index contributed by atoms with van der Waals surface area (Å²) in [7, 11) is -0.353. The standard InChI is InChI=1S/C42H49N11O6S/c1-26(24-51-13-8-27(9-14-51)28-5-7-35-36(21-28)50(3)48-39(35)53-17-12-37(55)46-42(53)57)18-30-20-34(6-4-29(30)22-43)60(58,59)52-15-10-33(11-16-52)45-41-44-23-31-19-32(25-54)40(56)49(2)38(31)47-41/h4-7,19-21,23,26-27,33,54H,8-18,24-25H2,1-3H3,(H,44,45,47)(H,46,55,57). The maximum atomic E-state index is 13.9. The zero-order valence-electron chi connectivity index (χ0n) is 34.0. The number of imide groups is 1. The number of amides is 3. The highest BCUT2D eigenvalue weighted by Gasteiger charge is 2.32. The minimum absolute atomic E-state index is 0.0757. The molecule has 0 bridgehead atoms. The van der Waals surface area contributed by atoms with E-state index in [4.69, 9.17) is 0 Å². The highest BCUT2D eigenvalue weighted by atomic mass is 32.2. The minimum atomic E-state index is -3.81. The van der Waals surface area contributed by atoms with Gasteiger partial charge in [0, 0.05) is 75.3 Å². The summed E-state index contributed by atoms with van der Waals surface area (Å²) in [6, 6.07) is 14.4. The van der Waals surface area contributed by atoms with Crippen molar-refractivity contribution in [2.24, 2.45) is 20.0 Å². The fourth-order valence-corrected chi connectivity index (χ4v) is 10.4. The van der Waals surface area contributed by atoms with Gasteiger partial charge in [-0.25, -0.2) is 18.2 Å². The molecule has 5 aromatic rings. The molecule has 3 amide bonds. The molecule has 2 aromatic carbocycles. The quantitative estimate of drug-likeness (QED) is 0.175. The van der Waals surface area contributed by atoms with Crippen molar-refractivity contribution in [3.05, 3.63) is 81.3 Å². The molecule has 1 unspecified atom stereocenters. The van der Waals surface area contributed by atoms with Gasteiger partial charge in [0.15, 0.2) is 5.82 Å². The number of anilines is 2. The summed E-state index contributed by atoms with van der Waals surface area (Å²) in [5.41, 5.74) is 3.74.